The van der Waals surface area contributed by atoms with Gasteiger partial charge in [0.15, 0.2) is 0 Å². The third-order valence-electron chi connectivity index (χ3n) is 3.15. The zero-order valence-electron chi connectivity index (χ0n) is 9.54. The molecule has 1 rings (SSSR count). The second-order valence-corrected chi connectivity index (χ2v) is 4.34. The van der Waals surface area contributed by atoms with Gasteiger partial charge in [0.05, 0.1) is 6.10 Å². The van der Waals surface area contributed by atoms with E-state index in [1.165, 1.54) is 25.7 Å². The van der Waals surface area contributed by atoms with Crippen LogP contribution in [0.4, 0.5) is 0 Å². The Hall–Kier alpha value is -0.120. The molecule has 2 unspecified atom stereocenters. The third kappa shape index (κ3) is 3.95. The molecule has 0 saturated carbocycles. The molecule has 0 aromatic heterocycles. The van der Waals surface area contributed by atoms with Crippen molar-refractivity contribution in [3.05, 3.63) is 0 Å². The average Bonchev–Trinajstić information content (AvgIpc) is 2.69. The van der Waals surface area contributed by atoms with Gasteiger partial charge >= 0.3 is 0 Å². The molecule has 3 heteroatoms. The van der Waals surface area contributed by atoms with E-state index in [0.717, 1.165) is 19.7 Å². The van der Waals surface area contributed by atoms with Crippen LogP contribution >= 0.6 is 0 Å². The van der Waals surface area contributed by atoms with Crippen LogP contribution in [0.1, 0.15) is 32.6 Å². The number of rotatable bonds is 6. The molecule has 0 amide bonds. The van der Waals surface area contributed by atoms with E-state index in [2.05, 4.69) is 18.9 Å². The summed E-state index contributed by atoms with van der Waals surface area (Å²) in [5.74, 6) is 0. The van der Waals surface area contributed by atoms with Crippen LogP contribution in [-0.4, -0.2) is 43.8 Å². The summed E-state index contributed by atoms with van der Waals surface area (Å²) in [5, 5.41) is 0. The molecule has 3 nitrogen and oxygen atoms in total. The number of hydrogen-bond acceptors (Lipinski definition) is 3. The highest BCUT2D eigenvalue weighted by molar-refractivity contribution is 4.68. The van der Waals surface area contributed by atoms with E-state index in [0.29, 0.717) is 12.1 Å². The van der Waals surface area contributed by atoms with Gasteiger partial charge in [0.1, 0.15) is 0 Å². The van der Waals surface area contributed by atoms with Crippen molar-refractivity contribution in [3.8, 4) is 0 Å². The third-order valence-corrected chi connectivity index (χ3v) is 3.15. The molecule has 1 saturated heterocycles. The Bertz CT molecular complexity index is 146. The molecule has 0 aliphatic carbocycles. The molecule has 0 aromatic rings. The van der Waals surface area contributed by atoms with E-state index < -0.39 is 0 Å². The molecule has 1 heterocycles. The molecule has 0 spiro atoms. The van der Waals surface area contributed by atoms with Crippen LogP contribution in [0.15, 0.2) is 0 Å². The molecule has 84 valence electrons. The van der Waals surface area contributed by atoms with Crippen LogP contribution in [0.3, 0.4) is 0 Å². The zero-order valence-corrected chi connectivity index (χ0v) is 9.54. The van der Waals surface area contributed by atoms with E-state index in [-0.39, 0.29) is 0 Å². The number of likely N-dealkylation sites (N-methyl/N-ethyl adjacent to an activating group) is 1. The number of ether oxygens (including phenoxy) is 1. The fourth-order valence-electron chi connectivity index (χ4n) is 1.84. The van der Waals surface area contributed by atoms with Crippen LogP contribution < -0.4 is 5.73 Å². The minimum atomic E-state index is 0.500. The van der Waals surface area contributed by atoms with Crippen molar-refractivity contribution in [2.24, 2.45) is 5.73 Å². The minimum Gasteiger partial charge on any atom is -0.378 e. The summed E-state index contributed by atoms with van der Waals surface area (Å²) < 4.78 is 5.58. The van der Waals surface area contributed by atoms with Gasteiger partial charge < -0.3 is 15.4 Å². The van der Waals surface area contributed by atoms with E-state index in [1.807, 2.05) is 0 Å². The molecule has 2 N–H and O–H groups in total. The van der Waals surface area contributed by atoms with E-state index >= 15 is 0 Å². The first-order valence-corrected chi connectivity index (χ1v) is 5.76. The lowest BCUT2D eigenvalue weighted by Gasteiger charge is -2.23. The quantitative estimate of drug-likeness (QED) is 0.701. The van der Waals surface area contributed by atoms with Gasteiger partial charge in [-0.1, -0.05) is 0 Å². The van der Waals surface area contributed by atoms with Crippen molar-refractivity contribution in [2.45, 2.75) is 44.8 Å². The van der Waals surface area contributed by atoms with Gasteiger partial charge in [-0.25, -0.2) is 0 Å². The SMILES string of the molecule is CC(CN)N(C)CCCC1CCCO1. The average molecular weight is 200 g/mol. The fraction of sp³-hybridized carbons (Fsp3) is 1.00. The lowest BCUT2D eigenvalue weighted by molar-refractivity contribution is 0.0984. The second kappa shape index (κ2) is 6.38. The molecule has 2 atom stereocenters. The predicted molar refractivity (Wildman–Crippen MR) is 59.4 cm³/mol. The van der Waals surface area contributed by atoms with Crippen molar-refractivity contribution in [2.75, 3.05) is 26.7 Å². The molecule has 1 aliphatic rings. The highest BCUT2D eigenvalue weighted by Gasteiger charge is 2.15. The lowest BCUT2D eigenvalue weighted by atomic mass is 10.1. The molecule has 0 aromatic carbocycles. The van der Waals surface area contributed by atoms with Gasteiger partial charge in [0.25, 0.3) is 0 Å². The molecule has 0 radical (unpaired) electrons. The maximum absolute atomic E-state index is 5.60. The topological polar surface area (TPSA) is 38.5 Å². The monoisotopic (exact) mass is 200 g/mol. The Kier molecular flexibility index (Phi) is 5.45. The van der Waals surface area contributed by atoms with Gasteiger partial charge in [0.2, 0.25) is 0 Å². The Balaban J connectivity index is 2.02. The van der Waals surface area contributed by atoms with Gasteiger partial charge in [-0.05, 0) is 46.2 Å². The molecule has 14 heavy (non-hydrogen) atoms. The van der Waals surface area contributed by atoms with Crippen LogP contribution in [0, 0.1) is 0 Å². The molecule has 1 fully saturated rings. The summed E-state index contributed by atoms with van der Waals surface area (Å²) in [5.41, 5.74) is 5.60. The van der Waals surface area contributed by atoms with Crippen LogP contribution in [0.5, 0.6) is 0 Å². The maximum atomic E-state index is 5.60. The lowest BCUT2D eigenvalue weighted by Crippen LogP contribution is -2.36. The van der Waals surface area contributed by atoms with Crippen LogP contribution in [0.25, 0.3) is 0 Å². The maximum Gasteiger partial charge on any atom is 0.0576 e. The summed E-state index contributed by atoms with van der Waals surface area (Å²) >= 11 is 0. The van der Waals surface area contributed by atoms with Crippen molar-refractivity contribution in [1.82, 2.24) is 4.90 Å². The number of nitrogens with two attached hydrogens (primary N) is 1. The predicted octanol–water partition coefficient (Wildman–Crippen LogP) is 1.22. The number of hydrogen-bond donors (Lipinski definition) is 1. The first-order chi connectivity index (χ1) is 6.74. The smallest absolute Gasteiger partial charge is 0.0576 e. The van der Waals surface area contributed by atoms with Crippen molar-refractivity contribution in [3.63, 3.8) is 0 Å². The Morgan fingerprint density at radius 1 is 1.57 bits per heavy atom. The highest BCUT2D eigenvalue weighted by Crippen LogP contribution is 2.16. The Labute approximate surface area is 87.6 Å². The minimum absolute atomic E-state index is 0.500. The summed E-state index contributed by atoms with van der Waals surface area (Å²) in [6, 6.07) is 0.500. The van der Waals surface area contributed by atoms with Gasteiger partial charge in [-0.2, -0.15) is 0 Å². The van der Waals surface area contributed by atoms with Crippen molar-refractivity contribution >= 4 is 0 Å². The number of nitrogens with zero attached hydrogens (tertiary/aromatic N) is 1. The molecular formula is C11H24N2O. The summed E-state index contributed by atoms with van der Waals surface area (Å²) in [7, 11) is 2.15. The molecule has 1 aliphatic heterocycles. The van der Waals surface area contributed by atoms with Gasteiger partial charge in [0, 0.05) is 19.2 Å². The van der Waals surface area contributed by atoms with Gasteiger partial charge in [-0.15, -0.1) is 0 Å². The Morgan fingerprint density at radius 2 is 2.36 bits per heavy atom. The van der Waals surface area contributed by atoms with Crippen LogP contribution in [-0.2, 0) is 4.74 Å². The van der Waals surface area contributed by atoms with Crippen molar-refractivity contribution < 1.29 is 4.74 Å². The van der Waals surface area contributed by atoms with Gasteiger partial charge in [-0.3, -0.25) is 0 Å². The standard InChI is InChI=1S/C11H24N2O/c1-10(9-12)13(2)7-3-5-11-6-4-8-14-11/h10-11H,3-9,12H2,1-2H3. The molecular weight excluding hydrogens is 176 g/mol. The second-order valence-electron chi connectivity index (χ2n) is 4.34. The van der Waals surface area contributed by atoms with E-state index in [1.54, 1.807) is 0 Å². The van der Waals surface area contributed by atoms with E-state index in [4.69, 9.17) is 10.5 Å². The van der Waals surface area contributed by atoms with Crippen molar-refractivity contribution in [1.29, 1.82) is 0 Å². The first-order valence-electron chi connectivity index (χ1n) is 5.76. The summed E-state index contributed by atoms with van der Waals surface area (Å²) in [6.07, 6.45) is 5.49. The largest absolute Gasteiger partial charge is 0.378 e. The Morgan fingerprint density at radius 3 is 2.93 bits per heavy atom. The van der Waals surface area contributed by atoms with E-state index in [9.17, 15) is 0 Å². The molecule has 0 bridgehead atoms. The normalized spacial score (nSPS) is 24.4. The first kappa shape index (κ1) is 12.0. The highest BCUT2D eigenvalue weighted by atomic mass is 16.5. The zero-order chi connectivity index (χ0) is 10.4. The summed E-state index contributed by atoms with van der Waals surface area (Å²) in [6.45, 7) is 5.03. The summed E-state index contributed by atoms with van der Waals surface area (Å²) in [4.78, 5) is 2.33. The fourth-order valence-corrected chi connectivity index (χ4v) is 1.84. The van der Waals surface area contributed by atoms with Crippen LogP contribution in [0.2, 0.25) is 0 Å².